The quantitative estimate of drug-likeness (QED) is 0.634. The average Bonchev–Trinajstić information content (AvgIpc) is 2.04. The fourth-order valence-electron chi connectivity index (χ4n) is 0.666. The first-order chi connectivity index (χ1) is 5.20. The van der Waals surface area contributed by atoms with E-state index in [9.17, 15) is 0 Å². The summed E-state index contributed by atoms with van der Waals surface area (Å²) in [6, 6.07) is 0. The molecule has 2 heteroatoms. The van der Waals surface area contributed by atoms with E-state index < -0.39 is 0 Å². The maximum absolute atomic E-state index is 3.90. The van der Waals surface area contributed by atoms with E-state index in [1.807, 2.05) is 0 Å². The van der Waals surface area contributed by atoms with Crippen LogP contribution in [-0.4, -0.2) is 13.1 Å². The van der Waals surface area contributed by atoms with Crippen molar-refractivity contribution in [1.29, 1.82) is 0 Å². The van der Waals surface area contributed by atoms with E-state index in [1.165, 1.54) is 11.1 Å². The molecule has 12 heavy (non-hydrogen) atoms. The minimum atomic E-state index is 0. The second-order valence-electron chi connectivity index (χ2n) is 2.81. The molecule has 0 aliphatic heterocycles. The summed E-state index contributed by atoms with van der Waals surface area (Å²) in [5, 5.41) is 3.29. The first-order valence-electron chi connectivity index (χ1n) is 4.24. The van der Waals surface area contributed by atoms with Gasteiger partial charge in [0.25, 0.3) is 0 Å². The number of nitrogens with one attached hydrogen (secondary N) is 1. The molecule has 0 atom stereocenters. The molecule has 0 unspecified atom stereocenters. The van der Waals surface area contributed by atoms with E-state index >= 15 is 0 Å². The van der Waals surface area contributed by atoms with Crippen LogP contribution in [-0.2, 0) is 0 Å². The van der Waals surface area contributed by atoms with Crippen LogP contribution in [0.4, 0.5) is 0 Å². The van der Waals surface area contributed by atoms with Crippen molar-refractivity contribution in [3.63, 3.8) is 0 Å². The topological polar surface area (TPSA) is 12.0 Å². The van der Waals surface area contributed by atoms with Crippen LogP contribution in [0.3, 0.4) is 0 Å². The van der Waals surface area contributed by atoms with Gasteiger partial charge in [0.05, 0.1) is 0 Å². The first kappa shape index (κ1) is 14.3. The third kappa shape index (κ3) is 7.83. The highest BCUT2D eigenvalue weighted by Gasteiger charge is 1.91. The van der Waals surface area contributed by atoms with Gasteiger partial charge in [-0.05, 0) is 12.8 Å². The normalized spacial score (nSPS) is 8.83. The minimum absolute atomic E-state index is 0. The van der Waals surface area contributed by atoms with Crippen LogP contribution in [0, 0.1) is 0 Å². The number of hydrogen-bond donors (Lipinski definition) is 1. The molecule has 0 bridgehead atoms. The Hall–Kier alpha value is -0.270. The molecule has 0 amide bonds. The van der Waals surface area contributed by atoms with Gasteiger partial charge in [-0.3, -0.25) is 0 Å². The molecule has 1 nitrogen and oxygen atoms in total. The molecule has 0 saturated carbocycles. The van der Waals surface area contributed by atoms with E-state index in [0.717, 1.165) is 25.9 Å². The molecule has 0 rings (SSSR count). The van der Waals surface area contributed by atoms with Crippen LogP contribution >= 0.6 is 12.4 Å². The molecule has 0 heterocycles. The maximum Gasteiger partial charge on any atom is 0.0164 e. The van der Waals surface area contributed by atoms with Gasteiger partial charge in [-0.25, -0.2) is 0 Å². The van der Waals surface area contributed by atoms with Crippen LogP contribution < -0.4 is 5.32 Å². The molecule has 0 spiro atoms. The van der Waals surface area contributed by atoms with E-state index in [4.69, 9.17) is 0 Å². The predicted octanol–water partition coefficient (Wildman–Crippen LogP) is 2.93. The lowest BCUT2D eigenvalue weighted by Gasteiger charge is -2.05. The summed E-state index contributed by atoms with van der Waals surface area (Å²) in [6.45, 7) is 13.9. The van der Waals surface area contributed by atoms with E-state index in [0.29, 0.717) is 0 Å². The van der Waals surface area contributed by atoms with E-state index in [-0.39, 0.29) is 12.4 Å². The summed E-state index contributed by atoms with van der Waals surface area (Å²) in [6.07, 6.45) is 2.12. The molecular weight excluding hydrogens is 170 g/mol. The van der Waals surface area contributed by atoms with Gasteiger partial charge in [-0.15, -0.1) is 12.4 Å². The summed E-state index contributed by atoms with van der Waals surface area (Å²) in [5.74, 6) is 0. The highest BCUT2D eigenvalue weighted by atomic mass is 35.5. The second kappa shape index (κ2) is 8.82. The van der Waals surface area contributed by atoms with Crippen molar-refractivity contribution < 1.29 is 0 Å². The van der Waals surface area contributed by atoms with Gasteiger partial charge in [0.2, 0.25) is 0 Å². The SMILES string of the molecule is C=C(CC)CNCC(=C)CC.Cl. The molecule has 0 aromatic carbocycles. The van der Waals surface area contributed by atoms with Crippen molar-refractivity contribution in [3.05, 3.63) is 24.3 Å². The van der Waals surface area contributed by atoms with Gasteiger partial charge in [-0.2, -0.15) is 0 Å². The zero-order valence-electron chi connectivity index (χ0n) is 8.15. The van der Waals surface area contributed by atoms with Gasteiger partial charge in [0.15, 0.2) is 0 Å². The molecule has 72 valence electrons. The van der Waals surface area contributed by atoms with Crippen molar-refractivity contribution in [2.75, 3.05) is 13.1 Å². The average molecular weight is 190 g/mol. The fraction of sp³-hybridized carbons (Fsp3) is 0.600. The van der Waals surface area contributed by atoms with Crippen LogP contribution in [0.25, 0.3) is 0 Å². The monoisotopic (exact) mass is 189 g/mol. The van der Waals surface area contributed by atoms with Crippen molar-refractivity contribution >= 4 is 12.4 Å². The Morgan fingerprint density at radius 2 is 1.33 bits per heavy atom. The van der Waals surface area contributed by atoms with Crippen LogP contribution in [0.15, 0.2) is 24.3 Å². The maximum atomic E-state index is 3.90. The summed E-state index contributed by atoms with van der Waals surface area (Å²) in [4.78, 5) is 0. The smallest absolute Gasteiger partial charge is 0.0164 e. The second-order valence-corrected chi connectivity index (χ2v) is 2.81. The summed E-state index contributed by atoms with van der Waals surface area (Å²) < 4.78 is 0. The summed E-state index contributed by atoms with van der Waals surface area (Å²) in [7, 11) is 0. The Balaban J connectivity index is 0. The van der Waals surface area contributed by atoms with Crippen molar-refractivity contribution in [2.24, 2.45) is 0 Å². The van der Waals surface area contributed by atoms with Gasteiger partial charge >= 0.3 is 0 Å². The summed E-state index contributed by atoms with van der Waals surface area (Å²) >= 11 is 0. The van der Waals surface area contributed by atoms with Gasteiger partial charge < -0.3 is 5.32 Å². The van der Waals surface area contributed by atoms with Crippen LogP contribution in [0.1, 0.15) is 26.7 Å². The highest BCUT2D eigenvalue weighted by molar-refractivity contribution is 5.85. The number of rotatable bonds is 6. The molecule has 0 aromatic heterocycles. The molecule has 0 aliphatic carbocycles. The minimum Gasteiger partial charge on any atom is -0.309 e. The Labute approximate surface area is 82.3 Å². The Morgan fingerprint density at radius 3 is 1.58 bits per heavy atom. The predicted molar refractivity (Wildman–Crippen MR) is 59.0 cm³/mol. The number of hydrogen-bond acceptors (Lipinski definition) is 1. The van der Waals surface area contributed by atoms with Crippen molar-refractivity contribution in [1.82, 2.24) is 5.32 Å². The standard InChI is InChI=1S/C10H19N.ClH/c1-5-9(3)7-11-8-10(4)6-2;/h11H,3-8H2,1-2H3;1H. The van der Waals surface area contributed by atoms with Gasteiger partial charge in [-0.1, -0.05) is 38.2 Å². The van der Waals surface area contributed by atoms with Crippen LogP contribution in [0.2, 0.25) is 0 Å². The van der Waals surface area contributed by atoms with Crippen molar-refractivity contribution in [2.45, 2.75) is 26.7 Å². The zero-order chi connectivity index (χ0) is 8.69. The third-order valence-electron chi connectivity index (χ3n) is 1.75. The fourth-order valence-corrected chi connectivity index (χ4v) is 0.666. The number of halogens is 1. The molecule has 0 fully saturated rings. The lowest BCUT2D eigenvalue weighted by Crippen LogP contribution is -2.18. The van der Waals surface area contributed by atoms with Gasteiger partial charge in [0, 0.05) is 13.1 Å². The molecule has 0 aromatic rings. The zero-order valence-corrected chi connectivity index (χ0v) is 8.97. The molecule has 0 radical (unpaired) electrons. The molecule has 0 saturated heterocycles. The van der Waals surface area contributed by atoms with E-state index in [2.05, 4.69) is 32.3 Å². The lowest BCUT2D eigenvalue weighted by atomic mass is 10.2. The Kier molecular flexibility index (Phi) is 10.5. The largest absolute Gasteiger partial charge is 0.309 e. The lowest BCUT2D eigenvalue weighted by molar-refractivity contribution is 0.759. The molecule has 0 aliphatic rings. The third-order valence-corrected chi connectivity index (χ3v) is 1.75. The van der Waals surface area contributed by atoms with Crippen molar-refractivity contribution in [3.8, 4) is 0 Å². The molecular formula is C10H20ClN. The Morgan fingerprint density at radius 1 is 1.00 bits per heavy atom. The first-order valence-corrected chi connectivity index (χ1v) is 4.24. The van der Waals surface area contributed by atoms with Crippen LogP contribution in [0.5, 0.6) is 0 Å². The van der Waals surface area contributed by atoms with Gasteiger partial charge in [0.1, 0.15) is 0 Å². The summed E-state index contributed by atoms with van der Waals surface area (Å²) in [5.41, 5.74) is 2.52. The van der Waals surface area contributed by atoms with E-state index in [1.54, 1.807) is 0 Å². The molecule has 1 N–H and O–H groups in total. The Bertz CT molecular complexity index is 125. The highest BCUT2D eigenvalue weighted by Crippen LogP contribution is 1.96.